The Kier molecular flexibility index (Phi) is 3.82. The van der Waals surface area contributed by atoms with Crippen molar-refractivity contribution >= 4 is 11.8 Å². The third-order valence-corrected chi connectivity index (χ3v) is 4.67. The van der Waals surface area contributed by atoms with Gasteiger partial charge in [0.2, 0.25) is 5.91 Å². The molecule has 7 heteroatoms. The van der Waals surface area contributed by atoms with Crippen LogP contribution in [0.15, 0.2) is 24.3 Å². The van der Waals surface area contributed by atoms with Gasteiger partial charge >= 0.3 is 6.18 Å². The van der Waals surface area contributed by atoms with Crippen LogP contribution in [0.4, 0.5) is 13.2 Å². The molecule has 0 bridgehead atoms. The van der Waals surface area contributed by atoms with Gasteiger partial charge in [-0.25, -0.2) is 0 Å². The van der Waals surface area contributed by atoms with Crippen molar-refractivity contribution in [2.75, 3.05) is 13.1 Å². The molecule has 2 saturated heterocycles. The Balaban J connectivity index is 1.86. The summed E-state index contributed by atoms with van der Waals surface area (Å²) >= 11 is 0. The van der Waals surface area contributed by atoms with Gasteiger partial charge in [-0.3, -0.25) is 9.59 Å². The number of hydrogen-bond acceptors (Lipinski definition) is 2. The number of amides is 2. The number of nitrogens with one attached hydrogen (secondary N) is 1. The largest absolute Gasteiger partial charge is 0.416 e. The highest BCUT2D eigenvalue weighted by Gasteiger charge is 2.50. The van der Waals surface area contributed by atoms with Gasteiger partial charge < -0.3 is 10.2 Å². The summed E-state index contributed by atoms with van der Waals surface area (Å²) in [5, 5.41) is 2.80. The normalized spacial score (nSPS) is 24.8. The molecule has 0 aromatic heterocycles. The van der Waals surface area contributed by atoms with Crippen LogP contribution < -0.4 is 5.32 Å². The van der Waals surface area contributed by atoms with Gasteiger partial charge in [0, 0.05) is 18.7 Å². The van der Waals surface area contributed by atoms with Gasteiger partial charge in [-0.2, -0.15) is 13.2 Å². The Bertz CT molecular complexity index is 627. The minimum absolute atomic E-state index is 0.151. The SMILES string of the molecule is O=C(c1ccc(C(F)(F)F)cc1)N1CCCC12CCCNC2=O. The van der Waals surface area contributed by atoms with E-state index in [9.17, 15) is 22.8 Å². The standard InChI is InChI=1S/C16H17F3N2O2/c17-16(18,19)12-5-3-11(4-6-12)13(22)21-10-2-8-15(21)7-1-9-20-14(15)23/h3-6H,1-2,7-10H2,(H,20,23). The maximum Gasteiger partial charge on any atom is 0.416 e. The number of carbonyl (C=O) groups excluding carboxylic acids is 2. The summed E-state index contributed by atoms with van der Waals surface area (Å²) in [6, 6.07) is 4.16. The molecule has 1 aromatic carbocycles. The van der Waals surface area contributed by atoms with Crippen LogP contribution in [0.2, 0.25) is 0 Å². The van der Waals surface area contributed by atoms with Crippen LogP contribution in [0.1, 0.15) is 41.6 Å². The number of likely N-dealkylation sites (tertiary alicyclic amines) is 1. The van der Waals surface area contributed by atoms with Crippen molar-refractivity contribution < 1.29 is 22.8 Å². The third-order valence-electron chi connectivity index (χ3n) is 4.67. The van der Waals surface area contributed by atoms with Gasteiger partial charge in [0.15, 0.2) is 0 Å². The smallest absolute Gasteiger partial charge is 0.354 e. The fourth-order valence-electron chi connectivity index (χ4n) is 3.49. The number of carbonyl (C=O) groups is 2. The van der Waals surface area contributed by atoms with E-state index in [1.165, 1.54) is 17.0 Å². The molecule has 23 heavy (non-hydrogen) atoms. The molecule has 3 rings (SSSR count). The van der Waals surface area contributed by atoms with E-state index in [4.69, 9.17) is 0 Å². The first-order valence-corrected chi connectivity index (χ1v) is 7.62. The van der Waals surface area contributed by atoms with E-state index in [-0.39, 0.29) is 17.4 Å². The van der Waals surface area contributed by atoms with Crippen LogP contribution in [0.5, 0.6) is 0 Å². The van der Waals surface area contributed by atoms with Crippen molar-refractivity contribution in [1.82, 2.24) is 10.2 Å². The lowest BCUT2D eigenvalue weighted by atomic mass is 9.86. The molecule has 124 valence electrons. The molecule has 2 amide bonds. The molecule has 0 radical (unpaired) electrons. The lowest BCUT2D eigenvalue weighted by Crippen LogP contribution is -2.60. The zero-order chi connectivity index (χ0) is 16.7. The molecule has 0 saturated carbocycles. The topological polar surface area (TPSA) is 49.4 Å². The van der Waals surface area contributed by atoms with Crippen LogP contribution in [0.3, 0.4) is 0 Å². The highest BCUT2D eigenvalue weighted by molar-refractivity contribution is 6.00. The van der Waals surface area contributed by atoms with E-state index in [0.29, 0.717) is 25.9 Å². The molecule has 2 aliphatic heterocycles. The number of halogens is 3. The van der Waals surface area contributed by atoms with E-state index in [1.807, 2.05) is 0 Å². The van der Waals surface area contributed by atoms with Gasteiger partial charge in [-0.15, -0.1) is 0 Å². The van der Waals surface area contributed by atoms with Gasteiger partial charge in [-0.1, -0.05) is 0 Å². The highest BCUT2D eigenvalue weighted by atomic mass is 19.4. The Morgan fingerprint density at radius 3 is 2.39 bits per heavy atom. The lowest BCUT2D eigenvalue weighted by Gasteiger charge is -2.40. The van der Waals surface area contributed by atoms with E-state index < -0.39 is 17.3 Å². The second-order valence-corrected chi connectivity index (χ2v) is 6.03. The molecule has 2 fully saturated rings. The molecule has 0 aliphatic carbocycles. The van der Waals surface area contributed by atoms with Gasteiger partial charge in [0.05, 0.1) is 5.56 Å². The van der Waals surface area contributed by atoms with E-state index >= 15 is 0 Å². The maximum absolute atomic E-state index is 12.7. The number of rotatable bonds is 1. The molecule has 1 atom stereocenters. The van der Waals surface area contributed by atoms with Crippen LogP contribution in [0.25, 0.3) is 0 Å². The summed E-state index contributed by atoms with van der Waals surface area (Å²) in [7, 11) is 0. The van der Waals surface area contributed by atoms with Crippen molar-refractivity contribution in [3.05, 3.63) is 35.4 Å². The second kappa shape index (κ2) is 5.54. The monoisotopic (exact) mass is 326 g/mol. The molecular weight excluding hydrogens is 309 g/mol. The summed E-state index contributed by atoms with van der Waals surface area (Å²) < 4.78 is 37.8. The summed E-state index contributed by atoms with van der Waals surface area (Å²) in [5.74, 6) is -0.533. The average Bonchev–Trinajstić information content (AvgIpc) is 2.93. The van der Waals surface area contributed by atoms with Crippen molar-refractivity contribution in [1.29, 1.82) is 0 Å². The summed E-state index contributed by atoms with van der Waals surface area (Å²) in [5.41, 5.74) is -1.45. The fourth-order valence-corrected chi connectivity index (χ4v) is 3.49. The molecule has 1 unspecified atom stereocenters. The summed E-state index contributed by atoms with van der Waals surface area (Å²) in [6.45, 7) is 1.05. The second-order valence-electron chi connectivity index (χ2n) is 6.03. The average molecular weight is 326 g/mol. The number of benzene rings is 1. The van der Waals surface area contributed by atoms with E-state index in [0.717, 1.165) is 25.0 Å². The van der Waals surface area contributed by atoms with Crippen molar-refractivity contribution in [2.24, 2.45) is 0 Å². The Morgan fingerprint density at radius 2 is 1.78 bits per heavy atom. The molecule has 1 N–H and O–H groups in total. The Labute approximate surface area is 131 Å². The maximum atomic E-state index is 12.7. The van der Waals surface area contributed by atoms with E-state index in [1.54, 1.807) is 0 Å². The lowest BCUT2D eigenvalue weighted by molar-refractivity contribution is -0.137. The Hall–Kier alpha value is -2.05. The minimum atomic E-state index is -4.43. The number of hydrogen-bond donors (Lipinski definition) is 1. The quantitative estimate of drug-likeness (QED) is 0.862. The Morgan fingerprint density at radius 1 is 1.13 bits per heavy atom. The van der Waals surface area contributed by atoms with Gasteiger partial charge in [0.25, 0.3) is 5.91 Å². The predicted molar refractivity (Wildman–Crippen MR) is 76.7 cm³/mol. The van der Waals surface area contributed by atoms with Crippen LogP contribution in [0, 0.1) is 0 Å². The molecule has 1 spiro atoms. The van der Waals surface area contributed by atoms with Crippen molar-refractivity contribution in [2.45, 2.75) is 37.4 Å². The first-order valence-electron chi connectivity index (χ1n) is 7.62. The zero-order valence-electron chi connectivity index (χ0n) is 12.4. The molecular formula is C16H17F3N2O2. The van der Waals surface area contributed by atoms with Gasteiger partial charge in [0.1, 0.15) is 5.54 Å². The number of alkyl halides is 3. The van der Waals surface area contributed by atoms with E-state index in [2.05, 4.69) is 5.32 Å². The van der Waals surface area contributed by atoms with Crippen molar-refractivity contribution in [3.63, 3.8) is 0 Å². The van der Waals surface area contributed by atoms with Crippen molar-refractivity contribution in [3.8, 4) is 0 Å². The molecule has 1 aromatic rings. The highest BCUT2D eigenvalue weighted by Crippen LogP contribution is 2.37. The predicted octanol–water partition coefficient (Wildman–Crippen LogP) is 2.59. The number of piperidine rings is 1. The zero-order valence-corrected chi connectivity index (χ0v) is 12.4. The molecule has 2 heterocycles. The number of nitrogens with zero attached hydrogens (tertiary/aromatic N) is 1. The van der Waals surface area contributed by atoms with Crippen LogP contribution >= 0.6 is 0 Å². The first-order chi connectivity index (χ1) is 10.8. The molecule has 2 aliphatic rings. The van der Waals surface area contributed by atoms with Crippen LogP contribution in [-0.2, 0) is 11.0 Å². The minimum Gasteiger partial charge on any atom is -0.354 e. The van der Waals surface area contributed by atoms with Crippen LogP contribution in [-0.4, -0.2) is 35.3 Å². The summed E-state index contributed by atoms with van der Waals surface area (Å²) in [6.07, 6.45) is -1.71. The summed E-state index contributed by atoms with van der Waals surface area (Å²) in [4.78, 5) is 26.5. The molecule has 4 nitrogen and oxygen atoms in total. The fraction of sp³-hybridized carbons (Fsp3) is 0.500. The third kappa shape index (κ3) is 2.68. The first kappa shape index (κ1) is 15.8. The van der Waals surface area contributed by atoms with Gasteiger partial charge in [-0.05, 0) is 49.9 Å².